The summed E-state index contributed by atoms with van der Waals surface area (Å²) >= 11 is 0. The molecule has 0 unspecified atom stereocenters. The molecule has 0 atom stereocenters. The van der Waals surface area contributed by atoms with Crippen LogP contribution >= 0.6 is 24.0 Å². The minimum absolute atomic E-state index is 0. The highest BCUT2D eigenvalue weighted by Gasteiger charge is 2.11. The van der Waals surface area contributed by atoms with Gasteiger partial charge in [0.15, 0.2) is 5.96 Å². The molecular weight excluding hydrogens is 522 g/mol. The maximum Gasteiger partial charge on any atom is 0.387 e. The van der Waals surface area contributed by atoms with Gasteiger partial charge in [-0.05, 0) is 30.7 Å². The van der Waals surface area contributed by atoms with Gasteiger partial charge in [0.05, 0.1) is 12.0 Å². The van der Waals surface area contributed by atoms with Gasteiger partial charge in [0.25, 0.3) is 0 Å². The van der Waals surface area contributed by atoms with Gasteiger partial charge in [-0.2, -0.15) is 8.78 Å². The zero-order chi connectivity index (χ0) is 21.5. The molecular formula is C21H23F3IN5O. The van der Waals surface area contributed by atoms with E-state index in [4.69, 9.17) is 0 Å². The average Bonchev–Trinajstić information content (AvgIpc) is 3.24. The molecule has 1 aromatic heterocycles. The van der Waals surface area contributed by atoms with E-state index in [9.17, 15) is 13.2 Å². The van der Waals surface area contributed by atoms with Crippen LogP contribution in [0.1, 0.15) is 16.7 Å². The Morgan fingerprint density at radius 1 is 1.16 bits per heavy atom. The van der Waals surface area contributed by atoms with Crippen LogP contribution in [0.3, 0.4) is 0 Å². The Bertz CT molecular complexity index is 1010. The standard InChI is InChI=1S/C21H22F3N5O.HI/c1-14-3-6-19(30-20(23)24)16(9-14)12-28-21(25-2)27-11-15-4-5-18(17(22)10-15)29-8-7-26-13-29;/h3-10,13,20H,11-12H2,1-2H3,(H2,25,27,28);1H. The SMILES string of the molecule is CN=C(NCc1ccc(-n2ccnc2)c(F)c1)NCc1cc(C)ccc1OC(F)F.I. The van der Waals surface area contributed by atoms with Crippen LogP contribution < -0.4 is 15.4 Å². The fraction of sp³-hybridized carbons (Fsp3) is 0.238. The highest BCUT2D eigenvalue weighted by Crippen LogP contribution is 2.22. The molecule has 3 rings (SSSR count). The third-order valence-electron chi connectivity index (χ3n) is 4.36. The van der Waals surface area contributed by atoms with Crippen LogP contribution in [0.15, 0.2) is 60.1 Å². The van der Waals surface area contributed by atoms with E-state index in [1.165, 1.54) is 18.5 Å². The summed E-state index contributed by atoms with van der Waals surface area (Å²) in [6, 6.07) is 9.89. The Kier molecular flexibility index (Phi) is 9.16. The number of aromatic nitrogens is 2. The Labute approximate surface area is 195 Å². The molecule has 6 nitrogen and oxygen atoms in total. The van der Waals surface area contributed by atoms with Gasteiger partial charge in [0, 0.05) is 38.1 Å². The van der Waals surface area contributed by atoms with Crippen LogP contribution in [0.2, 0.25) is 0 Å². The van der Waals surface area contributed by atoms with Crippen molar-refractivity contribution >= 4 is 29.9 Å². The molecule has 2 aromatic carbocycles. The van der Waals surface area contributed by atoms with Crippen molar-refractivity contribution in [3.63, 3.8) is 0 Å². The second kappa shape index (κ2) is 11.6. The summed E-state index contributed by atoms with van der Waals surface area (Å²) in [5.74, 6) is 0.179. The van der Waals surface area contributed by atoms with Gasteiger partial charge in [0.2, 0.25) is 0 Å². The molecule has 0 bridgehead atoms. The molecule has 0 aliphatic heterocycles. The smallest absolute Gasteiger partial charge is 0.387 e. The van der Waals surface area contributed by atoms with E-state index in [0.29, 0.717) is 23.8 Å². The van der Waals surface area contributed by atoms with E-state index in [-0.39, 0.29) is 42.1 Å². The van der Waals surface area contributed by atoms with Crippen molar-refractivity contribution in [3.8, 4) is 11.4 Å². The molecule has 0 aliphatic carbocycles. The third-order valence-corrected chi connectivity index (χ3v) is 4.36. The molecule has 166 valence electrons. The maximum absolute atomic E-state index is 14.4. The normalized spacial score (nSPS) is 11.2. The zero-order valence-electron chi connectivity index (χ0n) is 17.0. The van der Waals surface area contributed by atoms with Crippen molar-refractivity contribution in [2.75, 3.05) is 7.05 Å². The maximum atomic E-state index is 14.4. The lowest BCUT2D eigenvalue weighted by Gasteiger charge is -2.15. The fourth-order valence-corrected chi connectivity index (χ4v) is 2.91. The number of benzene rings is 2. The van der Waals surface area contributed by atoms with E-state index in [1.807, 2.05) is 6.92 Å². The second-order valence-corrected chi connectivity index (χ2v) is 6.52. The summed E-state index contributed by atoms with van der Waals surface area (Å²) in [6.07, 6.45) is 4.77. The van der Waals surface area contributed by atoms with Gasteiger partial charge in [-0.3, -0.25) is 4.99 Å². The molecule has 31 heavy (non-hydrogen) atoms. The Balaban J connectivity index is 0.00000341. The quantitative estimate of drug-likeness (QED) is 0.263. The molecule has 3 aromatic rings. The Morgan fingerprint density at radius 2 is 1.94 bits per heavy atom. The molecule has 0 fully saturated rings. The van der Waals surface area contributed by atoms with Crippen molar-refractivity contribution in [1.29, 1.82) is 0 Å². The van der Waals surface area contributed by atoms with Crippen molar-refractivity contribution in [2.45, 2.75) is 26.6 Å². The first kappa shape index (κ1) is 24.5. The predicted octanol–water partition coefficient (Wildman–Crippen LogP) is 4.40. The molecule has 0 amide bonds. The highest BCUT2D eigenvalue weighted by molar-refractivity contribution is 14.0. The number of halogens is 4. The molecule has 0 saturated carbocycles. The van der Waals surface area contributed by atoms with Gasteiger partial charge in [0.1, 0.15) is 11.6 Å². The number of ether oxygens (including phenoxy) is 1. The molecule has 1 heterocycles. The lowest BCUT2D eigenvalue weighted by Crippen LogP contribution is -2.36. The highest BCUT2D eigenvalue weighted by atomic mass is 127. The third kappa shape index (κ3) is 6.88. The topological polar surface area (TPSA) is 63.5 Å². The lowest BCUT2D eigenvalue weighted by molar-refractivity contribution is -0.0504. The van der Waals surface area contributed by atoms with Crippen LogP contribution in [-0.2, 0) is 13.1 Å². The number of nitrogens with one attached hydrogen (secondary N) is 2. The zero-order valence-corrected chi connectivity index (χ0v) is 19.3. The minimum Gasteiger partial charge on any atom is -0.434 e. The Hall–Kier alpha value is -2.76. The number of guanidine groups is 1. The first-order valence-electron chi connectivity index (χ1n) is 9.22. The number of hydrogen-bond acceptors (Lipinski definition) is 3. The van der Waals surface area contributed by atoms with Gasteiger partial charge >= 0.3 is 6.61 Å². The molecule has 0 saturated heterocycles. The number of alkyl halides is 2. The fourth-order valence-electron chi connectivity index (χ4n) is 2.91. The number of aliphatic imine (C=N–C) groups is 1. The van der Waals surface area contributed by atoms with E-state index < -0.39 is 6.61 Å². The van der Waals surface area contributed by atoms with Crippen LogP contribution in [0.5, 0.6) is 5.75 Å². The number of imidazole rings is 1. The molecule has 10 heteroatoms. The molecule has 0 radical (unpaired) electrons. The summed E-state index contributed by atoms with van der Waals surface area (Å²) in [4.78, 5) is 8.03. The number of hydrogen-bond donors (Lipinski definition) is 2. The van der Waals surface area contributed by atoms with Crippen LogP contribution in [0, 0.1) is 12.7 Å². The minimum atomic E-state index is -2.90. The summed E-state index contributed by atoms with van der Waals surface area (Å²) in [5.41, 5.74) is 2.63. The molecule has 0 spiro atoms. The second-order valence-electron chi connectivity index (χ2n) is 6.52. The number of nitrogens with zero attached hydrogens (tertiary/aromatic N) is 3. The van der Waals surface area contributed by atoms with Gasteiger partial charge in [-0.1, -0.05) is 23.8 Å². The number of rotatable bonds is 7. The number of aryl methyl sites for hydroxylation is 1. The van der Waals surface area contributed by atoms with Crippen molar-refractivity contribution < 1.29 is 17.9 Å². The van der Waals surface area contributed by atoms with Gasteiger partial charge in [-0.25, -0.2) is 9.37 Å². The van der Waals surface area contributed by atoms with Gasteiger partial charge in [-0.15, -0.1) is 24.0 Å². The average molecular weight is 545 g/mol. The van der Waals surface area contributed by atoms with E-state index in [1.54, 1.807) is 48.3 Å². The summed E-state index contributed by atoms with van der Waals surface area (Å²) < 4.78 is 45.8. The van der Waals surface area contributed by atoms with Crippen molar-refractivity contribution in [2.24, 2.45) is 4.99 Å². The lowest BCUT2D eigenvalue weighted by atomic mass is 10.1. The van der Waals surface area contributed by atoms with E-state index in [2.05, 4.69) is 25.3 Å². The first-order valence-corrected chi connectivity index (χ1v) is 9.22. The molecule has 0 aliphatic rings. The summed E-state index contributed by atoms with van der Waals surface area (Å²) in [5, 5.41) is 6.13. The monoisotopic (exact) mass is 545 g/mol. The molecule has 2 N–H and O–H groups in total. The predicted molar refractivity (Wildman–Crippen MR) is 124 cm³/mol. The Morgan fingerprint density at radius 3 is 2.58 bits per heavy atom. The summed E-state index contributed by atoms with van der Waals surface area (Å²) in [6.45, 7) is -0.471. The van der Waals surface area contributed by atoms with Crippen molar-refractivity contribution in [1.82, 2.24) is 20.2 Å². The first-order chi connectivity index (χ1) is 14.5. The largest absolute Gasteiger partial charge is 0.434 e. The van der Waals surface area contributed by atoms with Crippen LogP contribution in [0.4, 0.5) is 13.2 Å². The summed E-state index contributed by atoms with van der Waals surface area (Å²) in [7, 11) is 1.59. The van der Waals surface area contributed by atoms with Gasteiger partial charge < -0.3 is 19.9 Å². The van der Waals surface area contributed by atoms with Crippen molar-refractivity contribution in [3.05, 3.63) is 77.6 Å². The van der Waals surface area contributed by atoms with Crippen LogP contribution in [0.25, 0.3) is 5.69 Å². The van der Waals surface area contributed by atoms with E-state index in [0.717, 1.165) is 11.1 Å². The van der Waals surface area contributed by atoms with Crippen LogP contribution in [-0.4, -0.2) is 29.2 Å². The van der Waals surface area contributed by atoms with E-state index >= 15 is 0 Å².